The Morgan fingerprint density at radius 2 is 1.58 bits per heavy atom. The van der Waals surface area contributed by atoms with Gasteiger partial charge in [-0.1, -0.05) is 17.7 Å². The number of amides is 4. The van der Waals surface area contributed by atoms with E-state index in [0.29, 0.717) is 25.9 Å². The minimum atomic E-state index is -3.87. The van der Waals surface area contributed by atoms with Crippen LogP contribution in [0.25, 0.3) is 0 Å². The third-order valence-electron chi connectivity index (χ3n) is 7.58. The van der Waals surface area contributed by atoms with Crippen molar-refractivity contribution in [3.05, 3.63) is 59.2 Å². The number of nitrogens with one attached hydrogen (secondary N) is 1. The average molecular weight is 540 g/mol. The summed E-state index contributed by atoms with van der Waals surface area (Å²) in [5.74, 6) is -2.10. The van der Waals surface area contributed by atoms with Gasteiger partial charge >= 0.3 is 0 Å². The first kappa shape index (κ1) is 26.1. The van der Waals surface area contributed by atoms with Crippen molar-refractivity contribution in [2.24, 2.45) is 5.92 Å². The lowest BCUT2D eigenvalue weighted by Gasteiger charge is -2.36. The molecule has 2 unspecified atom stereocenters. The monoisotopic (exact) mass is 539 g/mol. The number of hydrogen-bond donors (Lipinski definition) is 1. The van der Waals surface area contributed by atoms with Gasteiger partial charge in [0.1, 0.15) is 6.04 Å². The number of carbonyl (C=O) groups is 4. The van der Waals surface area contributed by atoms with Gasteiger partial charge < -0.3 is 4.90 Å². The number of aryl methyl sites for hydroxylation is 1. The molecule has 0 bridgehead atoms. The molecule has 2 aromatic rings. The van der Waals surface area contributed by atoms with Gasteiger partial charge in [0, 0.05) is 25.2 Å². The van der Waals surface area contributed by atoms with Gasteiger partial charge in [-0.15, -0.1) is 0 Å². The SMILES string of the molecule is Cc1ccc(S(=O)(=O)OC(C)C2CCN(c3ccc4c(c3)C(=O)N(C3CCC(=O)NC3=O)C4=O)CC2)cc1. The van der Waals surface area contributed by atoms with Crippen molar-refractivity contribution >= 4 is 39.4 Å². The Kier molecular flexibility index (Phi) is 6.83. The lowest BCUT2D eigenvalue weighted by Crippen LogP contribution is -2.54. The fourth-order valence-electron chi connectivity index (χ4n) is 5.32. The zero-order valence-electron chi connectivity index (χ0n) is 21.2. The number of anilines is 1. The topological polar surface area (TPSA) is 130 Å². The van der Waals surface area contributed by atoms with E-state index in [1.165, 1.54) is 0 Å². The molecule has 3 aliphatic heterocycles. The summed E-state index contributed by atoms with van der Waals surface area (Å²) in [6.45, 7) is 4.91. The maximum absolute atomic E-state index is 13.1. The number of fused-ring (bicyclic) bond motifs is 1. The molecule has 2 atom stereocenters. The number of rotatable bonds is 6. The molecule has 2 fully saturated rings. The van der Waals surface area contributed by atoms with Gasteiger partial charge in [0.05, 0.1) is 22.1 Å². The molecule has 1 N–H and O–H groups in total. The molecule has 0 aliphatic carbocycles. The number of imide groups is 2. The van der Waals surface area contributed by atoms with Crippen molar-refractivity contribution in [1.29, 1.82) is 0 Å². The average Bonchev–Trinajstić information content (AvgIpc) is 3.13. The first-order valence-electron chi connectivity index (χ1n) is 12.7. The van der Waals surface area contributed by atoms with Crippen LogP contribution in [-0.2, 0) is 23.9 Å². The molecule has 0 spiro atoms. The van der Waals surface area contributed by atoms with E-state index in [1.807, 2.05) is 6.92 Å². The van der Waals surface area contributed by atoms with E-state index >= 15 is 0 Å². The van der Waals surface area contributed by atoms with Gasteiger partial charge in [-0.2, -0.15) is 8.42 Å². The Balaban J connectivity index is 1.23. The fourth-order valence-corrected chi connectivity index (χ4v) is 6.46. The summed E-state index contributed by atoms with van der Waals surface area (Å²) >= 11 is 0. The third-order valence-corrected chi connectivity index (χ3v) is 8.99. The lowest BCUT2D eigenvalue weighted by atomic mass is 9.92. The molecule has 0 radical (unpaired) electrons. The zero-order valence-corrected chi connectivity index (χ0v) is 22.0. The first-order chi connectivity index (χ1) is 18.0. The molecule has 38 heavy (non-hydrogen) atoms. The molecular formula is C27H29N3O7S. The number of piperidine rings is 2. The van der Waals surface area contributed by atoms with E-state index in [0.717, 1.165) is 16.2 Å². The van der Waals surface area contributed by atoms with Gasteiger partial charge in [-0.05, 0) is 69.4 Å². The van der Waals surface area contributed by atoms with Crippen molar-refractivity contribution in [3.63, 3.8) is 0 Å². The third kappa shape index (κ3) is 4.83. The summed E-state index contributed by atoms with van der Waals surface area (Å²) in [5.41, 5.74) is 2.21. The molecule has 11 heteroatoms. The number of benzene rings is 2. The highest BCUT2D eigenvalue weighted by molar-refractivity contribution is 7.86. The molecular weight excluding hydrogens is 510 g/mol. The van der Waals surface area contributed by atoms with Crippen LogP contribution in [0.5, 0.6) is 0 Å². The van der Waals surface area contributed by atoms with Crippen molar-refractivity contribution in [2.45, 2.75) is 56.6 Å². The normalized spacial score (nSPS) is 21.5. The molecule has 5 rings (SSSR count). The fraction of sp³-hybridized carbons (Fsp3) is 0.407. The van der Waals surface area contributed by atoms with Crippen LogP contribution in [0.15, 0.2) is 47.4 Å². The van der Waals surface area contributed by atoms with Crippen LogP contribution in [0, 0.1) is 12.8 Å². The number of hydrogen-bond acceptors (Lipinski definition) is 8. The van der Waals surface area contributed by atoms with Crippen LogP contribution in [0.3, 0.4) is 0 Å². The van der Waals surface area contributed by atoms with Crippen LogP contribution >= 0.6 is 0 Å². The molecule has 2 aromatic carbocycles. The maximum atomic E-state index is 13.1. The van der Waals surface area contributed by atoms with Gasteiger partial charge in [0.15, 0.2) is 0 Å². The molecule has 10 nitrogen and oxygen atoms in total. The lowest BCUT2D eigenvalue weighted by molar-refractivity contribution is -0.136. The summed E-state index contributed by atoms with van der Waals surface area (Å²) in [7, 11) is -3.87. The van der Waals surface area contributed by atoms with E-state index < -0.39 is 45.9 Å². The van der Waals surface area contributed by atoms with Crippen LogP contribution in [0.2, 0.25) is 0 Å². The summed E-state index contributed by atoms with van der Waals surface area (Å²) < 4.78 is 30.9. The minimum absolute atomic E-state index is 0.0344. The molecule has 2 saturated heterocycles. The molecule has 200 valence electrons. The second-order valence-corrected chi connectivity index (χ2v) is 11.6. The molecule has 3 heterocycles. The highest BCUT2D eigenvalue weighted by atomic mass is 32.2. The summed E-state index contributed by atoms with van der Waals surface area (Å²) in [6, 6.07) is 10.6. The Morgan fingerprint density at radius 1 is 0.921 bits per heavy atom. The van der Waals surface area contributed by atoms with Crippen molar-refractivity contribution in [2.75, 3.05) is 18.0 Å². The first-order valence-corrected chi connectivity index (χ1v) is 14.1. The van der Waals surface area contributed by atoms with Gasteiger partial charge in [-0.25, -0.2) is 0 Å². The minimum Gasteiger partial charge on any atom is -0.371 e. The second kappa shape index (κ2) is 9.95. The highest BCUT2D eigenvalue weighted by Gasteiger charge is 2.44. The van der Waals surface area contributed by atoms with Gasteiger partial charge in [-0.3, -0.25) is 33.6 Å². The van der Waals surface area contributed by atoms with E-state index in [9.17, 15) is 27.6 Å². The molecule has 4 amide bonds. The standard InChI is InChI=1S/C27H29N3O7S/c1-16-3-6-20(7-4-16)38(35,36)37-17(2)18-11-13-29(14-12-18)19-5-8-21-22(15-19)27(34)30(26(21)33)23-9-10-24(31)28-25(23)32/h3-8,15,17-18,23H,9-14H2,1-2H3,(H,28,31,32). The Hall–Kier alpha value is -3.57. The van der Waals surface area contributed by atoms with E-state index in [4.69, 9.17) is 4.18 Å². The van der Waals surface area contributed by atoms with Crippen LogP contribution in [0.1, 0.15) is 58.9 Å². The Bertz CT molecular complexity index is 1410. The summed E-state index contributed by atoms with van der Waals surface area (Å²) in [6.07, 6.45) is 1.06. The van der Waals surface area contributed by atoms with Crippen molar-refractivity contribution in [1.82, 2.24) is 10.2 Å². The van der Waals surface area contributed by atoms with Crippen LogP contribution in [0.4, 0.5) is 5.69 Å². The number of carbonyl (C=O) groups excluding carboxylic acids is 4. The van der Waals surface area contributed by atoms with Crippen LogP contribution in [-0.4, -0.2) is 62.2 Å². The van der Waals surface area contributed by atoms with E-state index in [-0.39, 0.29) is 34.8 Å². The maximum Gasteiger partial charge on any atom is 0.297 e. The van der Waals surface area contributed by atoms with E-state index in [1.54, 1.807) is 49.4 Å². The predicted octanol–water partition coefficient (Wildman–Crippen LogP) is 2.41. The Labute approximate surface area is 221 Å². The Morgan fingerprint density at radius 3 is 2.24 bits per heavy atom. The van der Waals surface area contributed by atoms with Crippen molar-refractivity contribution in [3.8, 4) is 0 Å². The predicted molar refractivity (Wildman–Crippen MR) is 137 cm³/mol. The molecule has 3 aliphatic rings. The second-order valence-electron chi connectivity index (χ2n) is 10.1. The highest BCUT2D eigenvalue weighted by Crippen LogP contribution is 2.33. The molecule has 0 aromatic heterocycles. The zero-order chi connectivity index (χ0) is 27.2. The smallest absolute Gasteiger partial charge is 0.297 e. The van der Waals surface area contributed by atoms with Crippen molar-refractivity contribution < 1.29 is 31.8 Å². The summed E-state index contributed by atoms with van der Waals surface area (Å²) in [4.78, 5) is 53.0. The van der Waals surface area contributed by atoms with E-state index in [2.05, 4.69) is 10.2 Å². The van der Waals surface area contributed by atoms with Crippen LogP contribution < -0.4 is 10.2 Å². The number of nitrogens with zero attached hydrogens (tertiary/aromatic N) is 2. The summed E-state index contributed by atoms with van der Waals surface area (Å²) in [5, 5.41) is 2.20. The van der Waals surface area contributed by atoms with Gasteiger partial charge in [0.25, 0.3) is 21.9 Å². The largest absolute Gasteiger partial charge is 0.371 e. The quantitative estimate of drug-likeness (QED) is 0.438. The molecule has 0 saturated carbocycles. The van der Waals surface area contributed by atoms with Gasteiger partial charge in [0.2, 0.25) is 11.8 Å².